The number of thiophene rings is 1. The van der Waals surface area contributed by atoms with Crippen LogP contribution in [0.5, 0.6) is 0 Å². The average molecular weight is 259 g/mol. The SMILES string of the molecule is CC(N)Cc1noc(-c2csc3ccccc23)n1. The van der Waals surface area contributed by atoms with Crippen LogP contribution in [0.2, 0.25) is 0 Å². The van der Waals surface area contributed by atoms with Gasteiger partial charge in [0.1, 0.15) is 0 Å². The van der Waals surface area contributed by atoms with Crippen LogP contribution in [0.3, 0.4) is 0 Å². The molecule has 0 amide bonds. The van der Waals surface area contributed by atoms with E-state index in [4.69, 9.17) is 10.3 Å². The smallest absolute Gasteiger partial charge is 0.259 e. The highest BCUT2D eigenvalue weighted by Crippen LogP contribution is 2.32. The minimum atomic E-state index is 0.0367. The summed E-state index contributed by atoms with van der Waals surface area (Å²) in [6.07, 6.45) is 0.631. The van der Waals surface area contributed by atoms with Crippen LogP contribution >= 0.6 is 11.3 Å². The molecule has 1 aromatic carbocycles. The number of aromatic nitrogens is 2. The zero-order valence-corrected chi connectivity index (χ0v) is 10.8. The first kappa shape index (κ1) is 11.4. The van der Waals surface area contributed by atoms with Crippen LogP contribution < -0.4 is 5.73 Å². The molecule has 0 aliphatic rings. The quantitative estimate of drug-likeness (QED) is 0.785. The van der Waals surface area contributed by atoms with E-state index in [0.29, 0.717) is 18.1 Å². The van der Waals surface area contributed by atoms with Gasteiger partial charge in [0.25, 0.3) is 5.89 Å². The van der Waals surface area contributed by atoms with Crippen LogP contribution in [0.25, 0.3) is 21.5 Å². The largest absolute Gasteiger partial charge is 0.334 e. The molecule has 18 heavy (non-hydrogen) atoms. The molecule has 3 rings (SSSR count). The fraction of sp³-hybridized carbons (Fsp3) is 0.231. The van der Waals surface area contributed by atoms with Crippen LogP contribution in [0.4, 0.5) is 0 Å². The van der Waals surface area contributed by atoms with Crippen LogP contribution in [-0.2, 0) is 6.42 Å². The van der Waals surface area contributed by atoms with E-state index in [9.17, 15) is 0 Å². The van der Waals surface area contributed by atoms with Crippen molar-refractivity contribution in [3.05, 3.63) is 35.5 Å². The predicted molar refractivity (Wildman–Crippen MR) is 72.5 cm³/mol. The molecular weight excluding hydrogens is 246 g/mol. The summed E-state index contributed by atoms with van der Waals surface area (Å²) >= 11 is 1.68. The normalized spacial score (nSPS) is 13.0. The van der Waals surface area contributed by atoms with Crippen molar-refractivity contribution in [3.63, 3.8) is 0 Å². The minimum Gasteiger partial charge on any atom is -0.334 e. The molecular formula is C13H13N3OS. The Morgan fingerprint density at radius 2 is 2.22 bits per heavy atom. The first-order valence-electron chi connectivity index (χ1n) is 5.79. The Labute approximate surface area is 108 Å². The van der Waals surface area contributed by atoms with E-state index in [0.717, 1.165) is 10.9 Å². The van der Waals surface area contributed by atoms with Gasteiger partial charge in [-0.1, -0.05) is 23.4 Å². The van der Waals surface area contributed by atoms with Crippen molar-refractivity contribution in [2.45, 2.75) is 19.4 Å². The second-order valence-electron chi connectivity index (χ2n) is 4.34. The van der Waals surface area contributed by atoms with Crippen LogP contribution in [-0.4, -0.2) is 16.2 Å². The van der Waals surface area contributed by atoms with Crippen molar-refractivity contribution in [1.29, 1.82) is 0 Å². The molecule has 0 aliphatic carbocycles. The maximum atomic E-state index is 5.72. The first-order valence-corrected chi connectivity index (χ1v) is 6.67. The maximum Gasteiger partial charge on any atom is 0.259 e. The summed E-state index contributed by atoms with van der Waals surface area (Å²) in [6, 6.07) is 8.23. The second-order valence-corrected chi connectivity index (χ2v) is 5.25. The van der Waals surface area contributed by atoms with Crippen molar-refractivity contribution in [2.24, 2.45) is 5.73 Å². The standard InChI is InChI=1S/C13H13N3OS/c1-8(14)6-12-15-13(17-16-12)10-7-18-11-5-3-2-4-9(10)11/h2-5,7-8H,6,14H2,1H3. The van der Waals surface area contributed by atoms with Gasteiger partial charge in [0.15, 0.2) is 5.82 Å². The summed E-state index contributed by atoms with van der Waals surface area (Å²) < 4.78 is 6.53. The molecule has 0 fully saturated rings. The minimum absolute atomic E-state index is 0.0367. The van der Waals surface area contributed by atoms with E-state index in [1.165, 1.54) is 4.70 Å². The highest BCUT2D eigenvalue weighted by Gasteiger charge is 2.13. The number of benzene rings is 1. The Kier molecular flexibility index (Phi) is 2.85. The highest BCUT2D eigenvalue weighted by atomic mass is 32.1. The molecule has 3 aromatic rings. The second kappa shape index (κ2) is 4.51. The van der Waals surface area contributed by atoms with Gasteiger partial charge in [-0.15, -0.1) is 11.3 Å². The first-order chi connectivity index (χ1) is 8.74. The lowest BCUT2D eigenvalue weighted by Gasteiger charge is -1.96. The van der Waals surface area contributed by atoms with E-state index < -0.39 is 0 Å². The summed E-state index contributed by atoms with van der Waals surface area (Å²) in [4.78, 5) is 4.39. The number of fused-ring (bicyclic) bond motifs is 1. The summed E-state index contributed by atoms with van der Waals surface area (Å²) in [6.45, 7) is 1.93. The fourth-order valence-corrected chi connectivity index (χ4v) is 2.81. The van der Waals surface area contributed by atoms with Gasteiger partial charge in [-0.3, -0.25) is 0 Å². The van der Waals surface area contributed by atoms with Crippen molar-refractivity contribution in [1.82, 2.24) is 10.1 Å². The molecule has 5 heteroatoms. The fourth-order valence-electron chi connectivity index (χ4n) is 1.88. The number of nitrogens with zero attached hydrogens (tertiary/aromatic N) is 2. The van der Waals surface area contributed by atoms with Gasteiger partial charge < -0.3 is 10.3 Å². The van der Waals surface area contributed by atoms with Crippen molar-refractivity contribution in [2.75, 3.05) is 0 Å². The van der Waals surface area contributed by atoms with Gasteiger partial charge in [0, 0.05) is 27.9 Å². The van der Waals surface area contributed by atoms with E-state index >= 15 is 0 Å². The number of hydrogen-bond acceptors (Lipinski definition) is 5. The molecule has 0 aliphatic heterocycles. The van der Waals surface area contributed by atoms with Gasteiger partial charge in [-0.05, 0) is 13.0 Å². The van der Waals surface area contributed by atoms with Crippen LogP contribution in [0.1, 0.15) is 12.7 Å². The van der Waals surface area contributed by atoms with Crippen LogP contribution in [0.15, 0.2) is 34.2 Å². The third kappa shape index (κ3) is 2.02. The van der Waals surface area contributed by atoms with Crippen molar-refractivity contribution >= 4 is 21.4 Å². The Balaban J connectivity index is 2.01. The van der Waals surface area contributed by atoms with Gasteiger partial charge in [0.2, 0.25) is 0 Å². The Morgan fingerprint density at radius 1 is 1.39 bits per heavy atom. The van der Waals surface area contributed by atoms with Gasteiger partial charge >= 0.3 is 0 Å². The Bertz CT molecular complexity index is 671. The van der Waals surface area contributed by atoms with Crippen molar-refractivity contribution in [3.8, 4) is 11.5 Å². The maximum absolute atomic E-state index is 5.72. The molecule has 1 atom stereocenters. The summed E-state index contributed by atoms with van der Waals surface area (Å²) in [7, 11) is 0. The predicted octanol–water partition coefficient (Wildman–Crippen LogP) is 2.84. The molecule has 0 saturated heterocycles. The average Bonchev–Trinajstić information content (AvgIpc) is 2.94. The lowest BCUT2D eigenvalue weighted by atomic mass is 10.2. The number of nitrogens with two attached hydrogens (primary N) is 1. The summed E-state index contributed by atoms with van der Waals surface area (Å²) in [5.74, 6) is 1.23. The molecule has 4 nitrogen and oxygen atoms in total. The summed E-state index contributed by atoms with van der Waals surface area (Å²) in [5, 5.41) is 7.16. The van der Waals surface area contributed by atoms with Crippen LogP contribution in [0, 0.1) is 0 Å². The molecule has 2 heterocycles. The van der Waals surface area contributed by atoms with Gasteiger partial charge in [-0.25, -0.2) is 0 Å². The Morgan fingerprint density at radius 3 is 3.06 bits per heavy atom. The van der Waals surface area contributed by atoms with Crippen molar-refractivity contribution < 1.29 is 4.52 Å². The molecule has 92 valence electrons. The van der Waals surface area contributed by atoms with E-state index in [1.54, 1.807) is 11.3 Å². The lowest BCUT2D eigenvalue weighted by molar-refractivity contribution is 0.421. The lowest BCUT2D eigenvalue weighted by Crippen LogP contribution is -2.18. The molecule has 0 spiro atoms. The molecule has 2 N–H and O–H groups in total. The van der Waals surface area contributed by atoms with E-state index in [1.807, 2.05) is 24.4 Å². The molecule has 0 saturated carbocycles. The third-order valence-corrected chi connectivity index (χ3v) is 3.65. The zero-order chi connectivity index (χ0) is 12.5. The summed E-state index contributed by atoms with van der Waals surface area (Å²) in [5.41, 5.74) is 6.72. The highest BCUT2D eigenvalue weighted by molar-refractivity contribution is 7.17. The number of hydrogen-bond donors (Lipinski definition) is 1. The Hall–Kier alpha value is -1.72. The van der Waals surface area contributed by atoms with E-state index in [2.05, 4.69) is 22.3 Å². The molecule has 2 aromatic heterocycles. The van der Waals surface area contributed by atoms with Gasteiger partial charge in [-0.2, -0.15) is 4.98 Å². The molecule has 1 unspecified atom stereocenters. The number of rotatable bonds is 3. The topological polar surface area (TPSA) is 64.9 Å². The molecule has 0 radical (unpaired) electrons. The third-order valence-electron chi connectivity index (χ3n) is 2.68. The molecule has 0 bridgehead atoms. The van der Waals surface area contributed by atoms with Gasteiger partial charge in [0.05, 0.1) is 5.56 Å². The van der Waals surface area contributed by atoms with E-state index in [-0.39, 0.29) is 6.04 Å². The zero-order valence-electron chi connectivity index (χ0n) is 9.96. The monoisotopic (exact) mass is 259 g/mol.